The molecule has 5 rings (SSSR count). The Morgan fingerprint density at radius 1 is 1.09 bits per heavy atom. The third kappa shape index (κ3) is 3.94. The van der Waals surface area contributed by atoms with Gasteiger partial charge in [-0.15, -0.1) is 11.3 Å². The van der Waals surface area contributed by atoms with Crippen LogP contribution in [-0.4, -0.2) is 18.0 Å². The number of rotatable bonds is 5. The van der Waals surface area contributed by atoms with E-state index < -0.39 is 0 Å². The van der Waals surface area contributed by atoms with Crippen LogP contribution in [0.1, 0.15) is 15.2 Å². The highest BCUT2D eigenvalue weighted by Gasteiger charge is 2.22. The van der Waals surface area contributed by atoms with Crippen molar-refractivity contribution >= 4 is 38.8 Å². The number of methoxy groups -OCH3 is 1. The minimum atomic E-state index is -0.289. The Labute approximate surface area is 194 Å². The van der Waals surface area contributed by atoms with Gasteiger partial charge in [0.2, 0.25) is 0 Å². The zero-order valence-electron chi connectivity index (χ0n) is 18.1. The van der Waals surface area contributed by atoms with E-state index in [0.29, 0.717) is 38.0 Å². The number of carbonyl (C=O) groups excluding carboxylic acids is 1. The fourth-order valence-corrected chi connectivity index (χ4v) is 4.67. The van der Waals surface area contributed by atoms with E-state index in [1.54, 1.807) is 37.6 Å². The normalized spacial score (nSPS) is 11.0. The second-order valence-corrected chi connectivity index (χ2v) is 8.61. The molecule has 164 valence electrons. The number of aromatic nitrogens is 1. The van der Waals surface area contributed by atoms with Crippen molar-refractivity contribution in [2.75, 3.05) is 18.2 Å². The minimum absolute atomic E-state index is 0.289. The second-order valence-electron chi connectivity index (χ2n) is 7.61. The van der Waals surface area contributed by atoms with Crippen LogP contribution >= 0.6 is 11.3 Å². The summed E-state index contributed by atoms with van der Waals surface area (Å²) >= 11 is 1.27. The quantitative estimate of drug-likeness (QED) is 0.321. The molecule has 3 heterocycles. The van der Waals surface area contributed by atoms with Crippen molar-refractivity contribution in [3.63, 3.8) is 0 Å². The van der Waals surface area contributed by atoms with Crippen molar-refractivity contribution in [3.8, 4) is 28.3 Å². The number of pyridine rings is 1. The van der Waals surface area contributed by atoms with Crippen LogP contribution in [0.15, 0.2) is 77.4 Å². The number of nitrogen functional groups attached to an aromatic ring is 1. The second kappa shape index (κ2) is 8.44. The van der Waals surface area contributed by atoms with Crippen LogP contribution in [-0.2, 0) is 0 Å². The van der Waals surface area contributed by atoms with Crippen LogP contribution < -0.4 is 15.8 Å². The number of fused-ring (bicyclic) bond motifs is 1. The molecule has 0 saturated carbocycles. The number of furan rings is 1. The molecule has 0 aliphatic rings. The van der Waals surface area contributed by atoms with Crippen LogP contribution in [0.3, 0.4) is 0 Å². The molecule has 7 heteroatoms. The van der Waals surface area contributed by atoms with Crippen LogP contribution in [0.25, 0.3) is 32.8 Å². The third-order valence-electron chi connectivity index (χ3n) is 5.39. The van der Waals surface area contributed by atoms with E-state index in [1.807, 2.05) is 49.4 Å². The number of nitrogens with two attached hydrogens (primary N) is 1. The summed E-state index contributed by atoms with van der Waals surface area (Å²) in [7, 11) is 1.60. The predicted molar refractivity (Wildman–Crippen MR) is 133 cm³/mol. The summed E-state index contributed by atoms with van der Waals surface area (Å²) in [6.45, 7) is 2.04. The molecule has 0 saturated heterocycles. The van der Waals surface area contributed by atoms with Gasteiger partial charge in [0.1, 0.15) is 21.2 Å². The average Bonchev–Trinajstić information content (AvgIpc) is 3.48. The van der Waals surface area contributed by atoms with Crippen molar-refractivity contribution in [3.05, 3.63) is 83.4 Å². The highest BCUT2D eigenvalue weighted by molar-refractivity contribution is 7.21. The molecular weight excluding hydrogens is 434 g/mol. The van der Waals surface area contributed by atoms with Crippen LogP contribution in [0.4, 0.5) is 11.4 Å². The molecule has 2 aromatic carbocycles. The maximum absolute atomic E-state index is 13.1. The van der Waals surface area contributed by atoms with Gasteiger partial charge in [-0.05, 0) is 49.4 Å². The Morgan fingerprint density at radius 2 is 1.85 bits per heavy atom. The van der Waals surface area contributed by atoms with Gasteiger partial charge >= 0.3 is 0 Å². The van der Waals surface area contributed by atoms with E-state index >= 15 is 0 Å². The van der Waals surface area contributed by atoms with Gasteiger partial charge < -0.3 is 20.2 Å². The Morgan fingerprint density at radius 3 is 2.52 bits per heavy atom. The van der Waals surface area contributed by atoms with Crippen LogP contribution in [0.5, 0.6) is 5.75 Å². The lowest BCUT2D eigenvalue weighted by Crippen LogP contribution is -2.11. The number of anilines is 2. The number of thiophene rings is 1. The van der Waals surface area contributed by atoms with Crippen molar-refractivity contribution < 1.29 is 13.9 Å². The lowest BCUT2D eigenvalue weighted by atomic mass is 10.0. The van der Waals surface area contributed by atoms with Gasteiger partial charge in [0.15, 0.2) is 0 Å². The molecule has 0 aliphatic heterocycles. The molecule has 0 unspecified atom stereocenters. The van der Waals surface area contributed by atoms with Gasteiger partial charge in [-0.2, -0.15) is 0 Å². The molecule has 0 atom stereocenters. The largest absolute Gasteiger partial charge is 0.497 e. The van der Waals surface area contributed by atoms with E-state index in [9.17, 15) is 4.79 Å². The predicted octanol–water partition coefficient (Wildman–Crippen LogP) is 6.37. The van der Waals surface area contributed by atoms with Crippen molar-refractivity contribution in [2.24, 2.45) is 0 Å². The number of hydrogen-bond donors (Lipinski definition) is 2. The highest BCUT2D eigenvalue weighted by atomic mass is 32.1. The molecule has 6 nitrogen and oxygen atoms in total. The SMILES string of the molecule is COc1ccc(NC(=O)c2sc3nc(-c4ccc(C)cc4)cc(-c4ccco4)c3c2N)cc1. The van der Waals surface area contributed by atoms with Crippen LogP contribution in [0.2, 0.25) is 0 Å². The first-order valence-corrected chi connectivity index (χ1v) is 11.1. The monoisotopic (exact) mass is 455 g/mol. The summed E-state index contributed by atoms with van der Waals surface area (Å²) in [5, 5.41) is 3.62. The Hall–Kier alpha value is -4.10. The zero-order valence-corrected chi connectivity index (χ0v) is 18.9. The van der Waals surface area contributed by atoms with Gasteiger partial charge in [0, 0.05) is 22.2 Å². The smallest absolute Gasteiger partial charge is 0.267 e. The fourth-order valence-electron chi connectivity index (χ4n) is 3.65. The van der Waals surface area contributed by atoms with Crippen LogP contribution in [0, 0.1) is 6.92 Å². The summed E-state index contributed by atoms with van der Waals surface area (Å²) in [4.78, 5) is 19.0. The molecule has 3 N–H and O–H groups in total. The number of benzene rings is 2. The molecule has 0 aliphatic carbocycles. The molecule has 0 radical (unpaired) electrons. The number of amides is 1. The topological polar surface area (TPSA) is 90.4 Å². The zero-order chi connectivity index (χ0) is 22.9. The lowest BCUT2D eigenvalue weighted by Gasteiger charge is -2.07. The number of carbonyl (C=O) groups is 1. The first-order valence-electron chi connectivity index (χ1n) is 10.3. The molecule has 33 heavy (non-hydrogen) atoms. The molecule has 3 aromatic heterocycles. The summed E-state index contributed by atoms with van der Waals surface area (Å²) in [6, 6.07) is 20.9. The number of nitrogens with zero attached hydrogens (tertiary/aromatic N) is 1. The number of nitrogens with one attached hydrogen (secondary N) is 1. The number of aryl methyl sites for hydroxylation is 1. The summed E-state index contributed by atoms with van der Waals surface area (Å²) in [5.41, 5.74) is 11.3. The highest BCUT2D eigenvalue weighted by Crippen LogP contribution is 2.41. The maximum Gasteiger partial charge on any atom is 0.267 e. The molecule has 1 amide bonds. The third-order valence-corrected chi connectivity index (χ3v) is 6.49. The first-order chi connectivity index (χ1) is 16.0. The van der Waals surface area contributed by atoms with E-state index in [2.05, 4.69) is 5.32 Å². The number of ether oxygens (including phenoxy) is 1. The molecule has 0 spiro atoms. The summed E-state index contributed by atoms with van der Waals surface area (Å²) in [6.07, 6.45) is 1.62. The Balaban J connectivity index is 1.61. The van der Waals surface area contributed by atoms with E-state index in [0.717, 1.165) is 16.8 Å². The standard InChI is InChI=1S/C26H21N3O3S/c1-15-5-7-16(8-6-15)20-14-19(21-4-3-13-32-21)22-23(27)24(33-26(22)29-20)25(30)28-17-9-11-18(31-2)12-10-17/h3-14H,27H2,1-2H3,(H,28,30). The summed E-state index contributed by atoms with van der Waals surface area (Å²) in [5.74, 6) is 1.09. The van der Waals surface area contributed by atoms with E-state index in [-0.39, 0.29) is 5.91 Å². The van der Waals surface area contributed by atoms with Crippen molar-refractivity contribution in [2.45, 2.75) is 6.92 Å². The van der Waals surface area contributed by atoms with Crippen molar-refractivity contribution in [1.82, 2.24) is 4.98 Å². The summed E-state index contributed by atoms with van der Waals surface area (Å²) < 4.78 is 10.9. The maximum atomic E-state index is 13.1. The Bertz CT molecular complexity index is 1440. The van der Waals surface area contributed by atoms with Gasteiger partial charge in [-0.25, -0.2) is 4.98 Å². The molecular formula is C26H21N3O3S. The van der Waals surface area contributed by atoms with Gasteiger partial charge in [-0.3, -0.25) is 4.79 Å². The van der Waals surface area contributed by atoms with E-state index in [1.165, 1.54) is 16.9 Å². The molecule has 0 bridgehead atoms. The first kappa shape index (κ1) is 20.8. The average molecular weight is 456 g/mol. The molecule has 5 aromatic rings. The van der Waals surface area contributed by atoms with E-state index in [4.69, 9.17) is 19.9 Å². The van der Waals surface area contributed by atoms with Crippen molar-refractivity contribution in [1.29, 1.82) is 0 Å². The fraction of sp³-hybridized carbons (Fsp3) is 0.0769. The van der Waals surface area contributed by atoms with Gasteiger partial charge in [0.05, 0.1) is 24.8 Å². The molecule has 0 fully saturated rings. The van der Waals surface area contributed by atoms with Gasteiger partial charge in [-0.1, -0.05) is 29.8 Å². The minimum Gasteiger partial charge on any atom is -0.497 e. The number of hydrogen-bond acceptors (Lipinski definition) is 6. The van der Waals surface area contributed by atoms with Gasteiger partial charge in [0.25, 0.3) is 5.91 Å². The lowest BCUT2D eigenvalue weighted by molar-refractivity contribution is 0.103. The Kier molecular flexibility index (Phi) is 5.32.